The third-order valence-corrected chi connectivity index (χ3v) is 2.88. The molecule has 0 aromatic heterocycles. The van der Waals surface area contributed by atoms with E-state index in [1.54, 1.807) is 4.90 Å². The van der Waals surface area contributed by atoms with Crippen LogP contribution in [0.5, 0.6) is 0 Å². The summed E-state index contributed by atoms with van der Waals surface area (Å²) in [5.41, 5.74) is 4.64. The summed E-state index contributed by atoms with van der Waals surface area (Å²) in [6.45, 7) is 2.68. The van der Waals surface area contributed by atoms with Gasteiger partial charge in [0.15, 0.2) is 0 Å². The van der Waals surface area contributed by atoms with Crippen molar-refractivity contribution in [2.24, 2.45) is 0 Å². The van der Waals surface area contributed by atoms with Gasteiger partial charge in [-0.15, -0.1) is 0 Å². The normalized spacial score (nSPS) is 11.7. The van der Waals surface area contributed by atoms with Gasteiger partial charge in [0.1, 0.15) is 0 Å². The Hall–Kier alpha value is -1.80. The second-order valence-electron chi connectivity index (χ2n) is 4.44. The first-order chi connectivity index (χ1) is 9.77. The average Bonchev–Trinajstić information content (AvgIpc) is 2.39. The number of carbonyl (C=O) groups excluding carboxylic acids is 1. The molecule has 0 heterocycles. The van der Waals surface area contributed by atoms with Gasteiger partial charge in [-0.3, -0.25) is 9.69 Å². The van der Waals surface area contributed by atoms with E-state index in [1.165, 1.54) is 0 Å². The summed E-state index contributed by atoms with van der Waals surface area (Å²) in [6, 6.07) is 2.76. The number of nitrogens with one attached hydrogen (secondary N) is 1. The summed E-state index contributed by atoms with van der Waals surface area (Å²) in [5, 5.41) is 11.3. The molecule has 1 amide bonds. The number of nitrogens with zero attached hydrogens (tertiary/aromatic N) is 1. The van der Waals surface area contributed by atoms with E-state index in [2.05, 4.69) is 5.32 Å². The van der Waals surface area contributed by atoms with Gasteiger partial charge in [0, 0.05) is 6.54 Å². The number of carbonyl (C=O) groups is 1. The van der Waals surface area contributed by atoms with E-state index < -0.39 is 17.6 Å². The lowest BCUT2D eigenvalue weighted by atomic mass is 10.1. The number of aliphatic hydroxyl groups is 1. The van der Waals surface area contributed by atoms with Crippen molar-refractivity contribution in [1.82, 2.24) is 4.90 Å². The lowest BCUT2D eigenvalue weighted by Crippen LogP contribution is -2.35. The van der Waals surface area contributed by atoms with Crippen molar-refractivity contribution in [2.45, 2.75) is 13.1 Å². The number of halogens is 3. The molecule has 5 nitrogen and oxygen atoms in total. The number of alkyl halides is 3. The van der Waals surface area contributed by atoms with E-state index in [0.717, 1.165) is 18.2 Å². The monoisotopic (exact) mass is 305 g/mol. The molecule has 0 spiro atoms. The maximum absolute atomic E-state index is 12.5. The summed E-state index contributed by atoms with van der Waals surface area (Å²) in [7, 11) is 0. The lowest BCUT2D eigenvalue weighted by Gasteiger charge is -2.19. The number of anilines is 2. The van der Waals surface area contributed by atoms with Gasteiger partial charge in [-0.05, 0) is 24.7 Å². The van der Waals surface area contributed by atoms with Gasteiger partial charge in [0.05, 0.1) is 30.1 Å². The SMILES string of the molecule is CCN(CCO)CC(=O)Nc1ccc(C(F)(F)F)cc1N. The molecule has 1 aromatic carbocycles. The summed E-state index contributed by atoms with van der Waals surface area (Å²) < 4.78 is 37.5. The minimum absolute atomic E-state index is 0.0253. The summed E-state index contributed by atoms with van der Waals surface area (Å²) >= 11 is 0. The zero-order valence-electron chi connectivity index (χ0n) is 11.6. The number of aliphatic hydroxyl groups excluding tert-OH is 1. The Kier molecular flexibility index (Phi) is 5.98. The fourth-order valence-corrected chi connectivity index (χ4v) is 1.74. The Morgan fingerprint density at radius 3 is 2.57 bits per heavy atom. The predicted octanol–water partition coefficient (Wildman–Crippen LogP) is 1.54. The molecule has 8 heteroatoms. The van der Waals surface area contributed by atoms with E-state index in [9.17, 15) is 18.0 Å². The van der Waals surface area contributed by atoms with Crippen molar-refractivity contribution in [3.8, 4) is 0 Å². The smallest absolute Gasteiger partial charge is 0.397 e. The van der Waals surface area contributed by atoms with Crippen LogP contribution in [0.4, 0.5) is 24.5 Å². The molecule has 0 fully saturated rings. The average molecular weight is 305 g/mol. The van der Waals surface area contributed by atoms with Crippen LogP contribution in [-0.4, -0.2) is 42.2 Å². The fourth-order valence-electron chi connectivity index (χ4n) is 1.74. The van der Waals surface area contributed by atoms with Crippen molar-refractivity contribution in [3.63, 3.8) is 0 Å². The molecule has 0 saturated heterocycles. The van der Waals surface area contributed by atoms with Crippen LogP contribution < -0.4 is 11.1 Å². The molecule has 118 valence electrons. The van der Waals surface area contributed by atoms with Gasteiger partial charge in [-0.2, -0.15) is 13.2 Å². The van der Waals surface area contributed by atoms with E-state index in [4.69, 9.17) is 10.8 Å². The van der Waals surface area contributed by atoms with Crippen molar-refractivity contribution >= 4 is 17.3 Å². The molecule has 0 aliphatic carbocycles. The molecule has 21 heavy (non-hydrogen) atoms. The lowest BCUT2D eigenvalue weighted by molar-refractivity contribution is -0.137. The first kappa shape index (κ1) is 17.3. The Morgan fingerprint density at radius 2 is 2.10 bits per heavy atom. The minimum atomic E-state index is -4.48. The van der Waals surface area contributed by atoms with Crippen LogP contribution in [0.15, 0.2) is 18.2 Å². The maximum atomic E-state index is 12.5. The topological polar surface area (TPSA) is 78.6 Å². The number of rotatable bonds is 6. The number of amides is 1. The van der Waals surface area contributed by atoms with Crippen LogP contribution in [-0.2, 0) is 11.0 Å². The van der Waals surface area contributed by atoms with Crippen LogP contribution in [0.1, 0.15) is 12.5 Å². The number of hydrogen-bond acceptors (Lipinski definition) is 4. The molecule has 0 radical (unpaired) electrons. The van der Waals surface area contributed by atoms with Crippen molar-refractivity contribution in [3.05, 3.63) is 23.8 Å². The molecule has 0 bridgehead atoms. The number of nitrogen functional groups attached to an aromatic ring is 1. The van der Waals surface area contributed by atoms with Crippen molar-refractivity contribution in [1.29, 1.82) is 0 Å². The van der Waals surface area contributed by atoms with Gasteiger partial charge in [0.2, 0.25) is 5.91 Å². The molecule has 4 N–H and O–H groups in total. The molecule has 0 aliphatic heterocycles. The second kappa shape index (κ2) is 7.28. The molecule has 1 rings (SSSR count). The van der Waals surface area contributed by atoms with Gasteiger partial charge >= 0.3 is 6.18 Å². The Balaban J connectivity index is 2.73. The van der Waals surface area contributed by atoms with Crippen LogP contribution in [0.3, 0.4) is 0 Å². The number of likely N-dealkylation sites (N-methyl/N-ethyl adjacent to an activating group) is 1. The number of nitrogens with two attached hydrogens (primary N) is 1. The standard InChI is InChI=1S/C13H18F3N3O2/c1-2-19(5-6-20)8-12(21)18-11-4-3-9(7-10(11)17)13(14,15)16/h3-4,7,20H,2,5-6,8,17H2,1H3,(H,18,21). The summed E-state index contributed by atoms with van der Waals surface area (Å²) in [6.07, 6.45) is -4.48. The predicted molar refractivity (Wildman–Crippen MR) is 73.7 cm³/mol. The van der Waals surface area contributed by atoms with E-state index in [-0.39, 0.29) is 24.5 Å². The molecule has 0 atom stereocenters. The fraction of sp³-hybridized carbons (Fsp3) is 0.462. The van der Waals surface area contributed by atoms with E-state index >= 15 is 0 Å². The Bertz CT molecular complexity index is 492. The first-order valence-electron chi connectivity index (χ1n) is 6.37. The number of benzene rings is 1. The van der Waals surface area contributed by atoms with Gasteiger partial charge in [0.25, 0.3) is 0 Å². The third kappa shape index (κ3) is 5.24. The quantitative estimate of drug-likeness (QED) is 0.697. The molecular formula is C13H18F3N3O2. The molecule has 0 saturated carbocycles. The van der Waals surface area contributed by atoms with Crippen molar-refractivity contribution in [2.75, 3.05) is 37.3 Å². The maximum Gasteiger partial charge on any atom is 0.416 e. The third-order valence-electron chi connectivity index (χ3n) is 2.88. The Morgan fingerprint density at radius 1 is 1.43 bits per heavy atom. The largest absolute Gasteiger partial charge is 0.416 e. The van der Waals surface area contributed by atoms with E-state index in [1.807, 2.05) is 6.92 Å². The molecular weight excluding hydrogens is 287 g/mol. The highest BCUT2D eigenvalue weighted by molar-refractivity contribution is 5.95. The molecule has 1 aromatic rings. The number of hydrogen-bond donors (Lipinski definition) is 3. The van der Waals surface area contributed by atoms with Crippen LogP contribution in [0.2, 0.25) is 0 Å². The highest BCUT2D eigenvalue weighted by Crippen LogP contribution is 2.32. The summed E-state index contributed by atoms with van der Waals surface area (Å²) in [4.78, 5) is 13.5. The van der Waals surface area contributed by atoms with E-state index in [0.29, 0.717) is 13.1 Å². The molecule has 0 aliphatic rings. The highest BCUT2D eigenvalue weighted by Gasteiger charge is 2.30. The zero-order chi connectivity index (χ0) is 16.0. The first-order valence-corrected chi connectivity index (χ1v) is 6.37. The minimum Gasteiger partial charge on any atom is -0.397 e. The van der Waals surface area contributed by atoms with Crippen LogP contribution >= 0.6 is 0 Å². The van der Waals surface area contributed by atoms with Gasteiger partial charge < -0.3 is 16.2 Å². The Labute approximate surface area is 120 Å². The second-order valence-corrected chi connectivity index (χ2v) is 4.44. The van der Waals surface area contributed by atoms with Crippen LogP contribution in [0, 0.1) is 0 Å². The van der Waals surface area contributed by atoms with Gasteiger partial charge in [-0.1, -0.05) is 6.92 Å². The molecule has 0 unspecified atom stereocenters. The van der Waals surface area contributed by atoms with Gasteiger partial charge in [-0.25, -0.2) is 0 Å². The van der Waals surface area contributed by atoms with Crippen LogP contribution in [0.25, 0.3) is 0 Å². The zero-order valence-corrected chi connectivity index (χ0v) is 11.6. The van der Waals surface area contributed by atoms with Crippen molar-refractivity contribution < 1.29 is 23.1 Å². The summed E-state index contributed by atoms with van der Waals surface area (Å²) in [5.74, 6) is -0.406. The highest BCUT2D eigenvalue weighted by atomic mass is 19.4.